The van der Waals surface area contributed by atoms with Crippen molar-refractivity contribution in [2.45, 2.75) is 59.3 Å². The van der Waals surface area contributed by atoms with Gasteiger partial charge in [0.05, 0.1) is 6.61 Å². The van der Waals surface area contributed by atoms with Gasteiger partial charge in [0, 0.05) is 20.2 Å². The van der Waals surface area contributed by atoms with Gasteiger partial charge in [-0.2, -0.15) is 0 Å². The molecule has 0 heterocycles. The minimum atomic E-state index is 0.585. The third kappa shape index (κ3) is 5.71. The monoisotopic (exact) mass is 255 g/mol. The molecule has 1 aliphatic rings. The number of hydrogen-bond acceptors (Lipinski definition) is 2. The van der Waals surface area contributed by atoms with Crippen molar-refractivity contribution in [3.05, 3.63) is 0 Å². The van der Waals surface area contributed by atoms with Gasteiger partial charge in [-0.15, -0.1) is 0 Å². The number of rotatable bonds is 9. The largest absolute Gasteiger partial charge is 0.383 e. The summed E-state index contributed by atoms with van der Waals surface area (Å²) in [6.45, 7) is 10.1. The van der Waals surface area contributed by atoms with Crippen LogP contribution in [0.1, 0.15) is 59.3 Å². The molecular weight excluding hydrogens is 222 g/mol. The minimum Gasteiger partial charge on any atom is -0.383 e. The summed E-state index contributed by atoms with van der Waals surface area (Å²) in [5, 5.41) is 3.60. The van der Waals surface area contributed by atoms with E-state index in [1.54, 1.807) is 7.11 Å². The van der Waals surface area contributed by atoms with Crippen molar-refractivity contribution in [2.75, 3.05) is 26.8 Å². The molecule has 1 unspecified atom stereocenters. The van der Waals surface area contributed by atoms with Crippen LogP contribution < -0.4 is 5.32 Å². The Balaban J connectivity index is 2.37. The lowest BCUT2D eigenvalue weighted by Crippen LogP contribution is -2.35. The van der Waals surface area contributed by atoms with E-state index in [1.807, 2.05) is 0 Å². The van der Waals surface area contributed by atoms with Gasteiger partial charge in [-0.05, 0) is 42.9 Å². The van der Waals surface area contributed by atoms with Crippen molar-refractivity contribution in [3.63, 3.8) is 0 Å². The smallest absolute Gasteiger partial charge is 0.0587 e. The first kappa shape index (κ1) is 16.0. The lowest BCUT2D eigenvalue weighted by Gasteiger charge is -2.33. The minimum absolute atomic E-state index is 0.585. The summed E-state index contributed by atoms with van der Waals surface area (Å²) < 4.78 is 5.11. The average molecular weight is 255 g/mol. The molecule has 1 saturated carbocycles. The highest BCUT2D eigenvalue weighted by Crippen LogP contribution is 2.43. The molecule has 1 atom stereocenters. The van der Waals surface area contributed by atoms with Crippen LogP contribution in [0, 0.1) is 17.3 Å². The zero-order chi connectivity index (χ0) is 13.4. The first-order valence-corrected chi connectivity index (χ1v) is 7.78. The quantitative estimate of drug-likeness (QED) is 0.632. The molecule has 0 radical (unpaired) electrons. The van der Waals surface area contributed by atoms with Gasteiger partial charge in [0.25, 0.3) is 0 Å². The molecule has 1 fully saturated rings. The fraction of sp³-hybridized carbons (Fsp3) is 1.00. The summed E-state index contributed by atoms with van der Waals surface area (Å²) in [5.41, 5.74) is 0.585. The highest BCUT2D eigenvalue weighted by atomic mass is 16.5. The molecule has 0 amide bonds. The van der Waals surface area contributed by atoms with Gasteiger partial charge < -0.3 is 10.1 Å². The van der Waals surface area contributed by atoms with Crippen LogP contribution in [0.3, 0.4) is 0 Å². The summed E-state index contributed by atoms with van der Waals surface area (Å²) in [5.74, 6) is 1.70. The number of hydrogen-bond donors (Lipinski definition) is 1. The molecular formula is C16H33NO. The van der Waals surface area contributed by atoms with Crippen LogP contribution in [0.4, 0.5) is 0 Å². The molecule has 1 rings (SSSR count). The molecule has 1 N–H and O–H groups in total. The molecule has 2 nitrogen and oxygen atoms in total. The van der Waals surface area contributed by atoms with Crippen LogP contribution in [-0.4, -0.2) is 26.8 Å². The molecule has 0 aromatic rings. The third-order valence-corrected chi connectivity index (χ3v) is 4.30. The lowest BCUT2D eigenvalue weighted by atomic mass is 9.76. The van der Waals surface area contributed by atoms with Crippen LogP contribution >= 0.6 is 0 Å². The van der Waals surface area contributed by atoms with E-state index in [4.69, 9.17) is 4.74 Å². The van der Waals surface area contributed by atoms with Crippen molar-refractivity contribution in [1.82, 2.24) is 5.32 Å². The molecule has 1 aliphatic carbocycles. The molecule has 0 spiro atoms. The van der Waals surface area contributed by atoms with E-state index in [1.165, 1.54) is 45.1 Å². The fourth-order valence-corrected chi connectivity index (χ4v) is 3.73. The molecule has 0 aromatic carbocycles. The van der Waals surface area contributed by atoms with Crippen molar-refractivity contribution in [3.8, 4) is 0 Å². The van der Waals surface area contributed by atoms with E-state index in [0.717, 1.165) is 25.0 Å². The molecule has 0 bridgehead atoms. The zero-order valence-corrected chi connectivity index (χ0v) is 12.9. The van der Waals surface area contributed by atoms with E-state index in [9.17, 15) is 0 Å². The normalized spacial score (nSPS) is 20.5. The Labute approximate surface area is 114 Å². The highest BCUT2D eigenvalue weighted by Gasteiger charge is 2.34. The van der Waals surface area contributed by atoms with E-state index in [-0.39, 0.29) is 0 Å². The number of methoxy groups -OCH3 is 1. The maximum absolute atomic E-state index is 5.11. The van der Waals surface area contributed by atoms with Gasteiger partial charge in [-0.1, -0.05) is 33.6 Å². The maximum atomic E-state index is 5.11. The molecule has 18 heavy (non-hydrogen) atoms. The van der Waals surface area contributed by atoms with E-state index >= 15 is 0 Å². The first-order chi connectivity index (χ1) is 8.58. The Morgan fingerprint density at radius 3 is 2.39 bits per heavy atom. The zero-order valence-electron chi connectivity index (χ0n) is 12.9. The predicted octanol–water partition coefficient (Wildman–Crippen LogP) is 3.86. The second-order valence-electron chi connectivity index (χ2n) is 6.82. The maximum Gasteiger partial charge on any atom is 0.0587 e. The molecule has 2 heteroatoms. The second-order valence-corrected chi connectivity index (χ2v) is 6.82. The van der Waals surface area contributed by atoms with Gasteiger partial charge in [-0.3, -0.25) is 0 Å². The van der Waals surface area contributed by atoms with Gasteiger partial charge in [0.15, 0.2) is 0 Å². The Morgan fingerprint density at radius 1 is 1.17 bits per heavy atom. The Hall–Kier alpha value is -0.0800. The predicted molar refractivity (Wildman–Crippen MR) is 78.9 cm³/mol. The van der Waals surface area contributed by atoms with E-state index < -0.39 is 0 Å². The standard InChI is InChI=1S/C16H33NO/c1-14(2)11-15(3)12-16(7-5-6-8-16)13-17-9-10-18-4/h14-15,17H,5-13H2,1-4H3. The SMILES string of the molecule is COCCNCC1(CC(C)CC(C)C)CCCC1. The number of nitrogens with one attached hydrogen (secondary N) is 1. The van der Waals surface area contributed by atoms with Gasteiger partial charge in [0.2, 0.25) is 0 Å². The van der Waals surface area contributed by atoms with Crippen LogP contribution in [-0.2, 0) is 4.74 Å². The summed E-state index contributed by atoms with van der Waals surface area (Å²) in [6, 6.07) is 0. The molecule has 0 aromatic heterocycles. The third-order valence-electron chi connectivity index (χ3n) is 4.30. The second kappa shape index (κ2) is 8.16. The van der Waals surface area contributed by atoms with Gasteiger partial charge in [0.1, 0.15) is 0 Å². The van der Waals surface area contributed by atoms with Crippen molar-refractivity contribution >= 4 is 0 Å². The summed E-state index contributed by atoms with van der Waals surface area (Å²) >= 11 is 0. The fourth-order valence-electron chi connectivity index (χ4n) is 3.73. The molecule has 0 saturated heterocycles. The van der Waals surface area contributed by atoms with Gasteiger partial charge >= 0.3 is 0 Å². The van der Waals surface area contributed by atoms with E-state index in [0.29, 0.717) is 5.41 Å². The number of ether oxygens (including phenoxy) is 1. The Morgan fingerprint density at radius 2 is 1.83 bits per heavy atom. The van der Waals surface area contributed by atoms with Crippen molar-refractivity contribution in [2.24, 2.45) is 17.3 Å². The molecule has 108 valence electrons. The van der Waals surface area contributed by atoms with E-state index in [2.05, 4.69) is 26.1 Å². The summed E-state index contributed by atoms with van der Waals surface area (Å²) in [7, 11) is 1.78. The highest BCUT2D eigenvalue weighted by molar-refractivity contribution is 4.88. The molecule has 0 aliphatic heterocycles. The summed E-state index contributed by atoms with van der Waals surface area (Å²) in [4.78, 5) is 0. The Kier molecular flexibility index (Phi) is 7.25. The van der Waals surface area contributed by atoms with Crippen molar-refractivity contribution < 1.29 is 4.74 Å². The van der Waals surface area contributed by atoms with Crippen LogP contribution in [0.2, 0.25) is 0 Å². The lowest BCUT2D eigenvalue weighted by molar-refractivity contribution is 0.175. The van der Waals surface area contributed by atoms with Crippen LogP contribution in [0.25, 0.3) is 0 Å². The Bertz CT molecular complexity index is 209. The van der Waals surface area contributed by atoms with Crippen LogP contribution in [0.5, 0.6) is 0 Å². The van der Waals surface area contributed by atoms with Crippen molar-refractivity contribution in [1.29, 1.82) is 0 Å². The summed E-state index contributed by atoms with van der Waals surface area (Å²) in [6.07, 6.45) is 8.50. The van der Waals surface area contributed by atoms with Gasteiger partial charge in [-0.25, -0.2) is 0 Å². The topological polar surface area (TPSA) is 21.3 Å². The first-order valence-electron chi connectivity index (χ1n) is 7.78. The average Bonchev–Trinajstić information content (AvgIpc) is 2.72. The van der Waals surface area contributed by atoms with Crippen LogP contribution in [0.15, 0.2) is 0 Å².